The van der Waals surface area contributed by atoms with Gasteiger partial charge >= 0.3 is 24.1 Å². The lowest BCUT2D eigenvalue weighted by Crippen LogP contribution is -2.45. The van der Waals surface area contributed by atoms with E-state index in [2.05, 4.69) is 21.3 Å². The lowest BCUT2D eigenvalue weighted by Gasteiger charge is -2.35. The fourth-order valence-corrected chi connectivity index (χ4v) is 5.83. The van der Waals surface area contributed by atoms with Crippen LogP contribution in [0.25, 0.3) is 0 Å². The zero-order chi connectivity index (χ0) is 32.7. The number of hydrogen-bond donors (Lipinski definition) is 4. The van der Waals surface area contributed by atoms with Crippen LogP contribution in [0.4, 0.5) is 29.3 Å². The van der Waals surface area contributed by atoms with E-state index in [0.717, 1.165) is 6.07 Å². The summed E-state index contributed by atoms with van der Waals surface area (Å²) in [6.07, 6.45) is -3.06. The maximum atomic E-state index is 13.4. The predicted octanol–water partition coefficient (Wildman–Crippen LogP) is 4.67. The Labute approximate surface area is 260 Å². The molecule has 45 heavy (non-hydrogen) atoms. The smallest absolute Gasteiger partial charge is 0.418 e. The van der Waals surface area contributed by atoms with Crippen molar-refractivity contribution in [3.8, 4) is 0 Å². The monoisotopic (exact) mass is 629 g/mol. The average Bonchev–Trinajstić information content (AvgIpc) is 3.02. The van der Waals surface area contributed by atoms with Crippen LogP contribution in [0.5, 0.6) is 0 Å². The van der Waals surface area contributed by atoms with Gasteiger partial charge in [-0.1, -0.05) is 24.3 Å². The zero-order valence-corrected chi connectivity index (χ0v) is 25.6. The quantitative estimate of drug-likeness (QED) is 0.234. The first-order valence-corrected chi connectivity index (χ1v) is 14.6. The van der Waals surface area contributed by atoms with Gasteiger partial charge in [0.1, 0.15) is 0 Å². The van der Waals surface area contributed by atoms with E-state index in [1.54, 1.807) is 49.1 Å². The van der Waals surface area contributed by atoms with Gasteiger partial charge < -0.3 is 35.6 Å². The number of piperidine rings is 1. The molecule has 4 N–H and O–H groups in total. The van der Waals surface area contributed by atoms with Crippen LogP contribution in [0, 0.1) is 0 Å². The van der Waals surface area contributed by atoms with Crippen LogP contribution in [-0.2, 0) is 25.2 Å². The number of nitrogens with one attached hydrogen (secondary N) is 4. The highest BCUT2D eigenvalue weighted by atomic mass is 19.4. The number of ether oxygens (including phenoxy) is 2. The second-order valence-corrected chi connectivity index (χ2v) is 10.9. The van der Waals surface area contributed by atoms with E-state index in [1.807, 2.05) is 0 Å². The number of amides is 2. The van der Waals surface area contributed by atoms with Crippen LogP contribution in [-0.4, -0.2) is 64.4 Å². The number of esters is 2. The molecule has 2 heterocycles. The number of carbonyl (C=O) groups is 3. The molecule has 1 saturated heterocycles. The van der Waals surface area contributed by atoms with Crippen molar-refractivity contribution in [3.05, 3.63) is 82.2 Å². The molecule has 1 fully saturated rings. The highest BCUT2D eigenvalue weighted by Gasteiger charge is 2.38. The van der Waals surface area contributed by atoms with Crippen molar-refractivity contribution in [2.45, 2.75) is 44.8 Å². The van der Waals surface area contributed by atoms with Crippen LogP contribution in [0.15, 0.2) is 71.1 Å². The number of urea groups is 1. The van der Waals surface area contributed by atoms with Gasteiger partial charge in [0.25, 0.3) is 0 Å². The number of rotatable bonds is 9. The first kappa shape index (κ1) is 33.4. The summed E-state index contributed by atoms with van der Waals surface area (Å²) in [5.74, 6) is -1.98. The number of benzene rings is 2. The number of para-hydroxylation sites is 1. The Bertz CT molecular complexity index is 1440. The fourth-order valence-electron chi connectivity index (χ4n) is 5.83. The SMILES string of the molecule is COC(=O)C1=C(C)NC(C)=C(C(=O)OC)C1c1cccc(NC(=O)NCCNC2CCN(c3ccccc3C(F)(F)F)CC2)c1. The van der Waals surface area contributed by atoms with Crippen LogP contribution in [0.2, 0.25) is 0 Å². The van der Waals surface area contributed by atoms with Gasteiger partial charge in [-0.25, -0.2) is 14.4 Å². The van der Waals surface area contributed by atoms with Crippen molar-refractivity contribution in [3.63, 3.8) is 0 Å². The summed E-state index contributed by atoms with van der Waals surface area (Å²) in [4.78, 5) is 40.0. The van der Waals surface area contributed by atoms with E-state index in [1.165, 1.54) is 26.4 Å². The average molecular weight is 630 g/mol. The maximum absolute atomic E-state index is 13.4. The zero-order valence-electron chi connectivity index (χ0n) is 25.6. The molecule has 0 spiro atoms. The third-order valence-electron chi connectivity index (χ3n) is 7.94. The highest BCUT2D eigenvalue weighted by Crippen LogP contribution is 2.40. The minimum Gasteiger partial charge on any atom is -0.466 e. The summed E-state index contributed by atoms with van der Waals surface area (Å²) in [6.45, 7) is 5.22. The molecular formula is C32H38F3N5O5. The third-order valence-corrected chi connectivity index (χ3v) is 7.94. The molecule has 2 aromatic carbocycles. The maximum Gasteiger partial charge on any atom is 0.418 e. The van der Waals surface area contributed by atoms with Gasteiger partial charge in [0.2, 0.25) is 0 Å². The Kier molecular flexibility index (Phi) is 10.8. The van der Waals surface area contributed by atoms with E-state index in [-0.39, 0.29) is 22.9 Å². The number of hydrogen-bond acceptors (Lipinski definition) is 8. The van der Waals surface area contributed by atoms with Gasteiger partial charge in [-0.05, 0) is 56.5 Å². The molecule has 0 bridgehead atoms. The summed E-state index contributed by atoms with van der Waals surface area (Å²) < 4.78 is 50.3. The Morgan fingerprint density at radius 2 is 1.53 bits per heavy atom. The van der Waals surface area contributed by atoms with Gasteiger partial charge in [-0.3, -0.25) is 0 Å². The summed E-state index contributed by atoms with van der Waals surface area (Å²) >= 11 is 0. The molecule has 0 radical (unpaired) electrons. The van der Waals surface area contributed by atoms with Gasteiger partial charge in [-0.2, -0.15) is 13.2 Å². The van der Waals surface area contributed by atoms with Crippen molar-refractivity contribution in [2.75, 3.05) is 50.6 Å². The minimum atomic E-state index is -4.41. The molecule has 2 amide bonds. The molecule has 10 nitrogen and oxygen atoms in total. The Balaban J connectivity index is 1.31. The normalized spacial score (nSPS) is 16.3. The van der Waals surface area contributed by atoms with E-state index in [0.29, 0.717) is 61.7 Å². The largest absolute Gasteiger partial charge is 0.466 e. The van der Waals surface area contributed by atoms with Crippen molar-refractivity contribution >= 4 is 29.3 Å². The molecule has 0 atom stereocenters. The fraction of sp³-hybridized carbons (Fsp3) is 0.406. The first-order valence-electron chi connectivity index (χ1n) is 14.6. The molecule has 0 aromatic heterocycles. The van der Waals surface area contributed by atoms with E-state index < -0.39 is 35.6 Å². The number of alkyl halides is 3. The molecule has 0 unspecified atom stereocenters. The van der Waals surface area contributed by atoms with Gasteiger partial charge in [-0.15, -0.1) is 0 Å². The van der Waals surface area contributed by atoms with Crippen molar-refractivity contribution in [1.29, 1.82) is 0 Å². The van der Waals surface area contributed by atoms with Gasteiger partial charge in [0.15, 0.2) is 0 Å². The molecule has 2 aromatic rings. The molecule has 242 valence electrons. The summed E-state index contributed by atoms with van der Waals surface area (Å²) in [7, 11) is 2.53. The summed E-state index contributed by atoms with van der Waals surface area (Å²) in [6, 6.07) is 12.1. The molecule has 0 saturated carbocycles. The van der Waals surface area contributed by atoms with Crippen LogP contribution in [0.3, 0.4) is 0 Å². The molecule has 4 rings (SSSR count). The van der Waals surface area contributed by atoms with E-state index in [9.17, 15) is 27.6 Å². The molecule has 2 aliphatic rings. The summed E-state index contributed by atoms with van der Waals surface area (Å²) in [5, 5.41) is 12.0. The second-order valence-electron chi connectivity index (χ2n) is 10.9. The lowest BCUT2D eigenvalue weighted by atomic mass is 9.80. The van der Waals surface area contributed by atoms with Crippen molar-refractivity contribution in [2.24, 2.45) is 0 Å². The number of methoxy groups -OCH3 is 2. The van der Waals surface area contributed by atoms with Gasteiger partial charge in [0.05, 0.1) is 36.8 Å². The van der Waals surface area contributed by atoms with Crippen molar-refractivity contribution in [1.82, 2.24) is 16.0 Å². The van der Waals surface area contributed by atoms with E-state index in [4.69, 9.17) is 9.47 Å². The van der Waals surface area contributed by atoms with Crippen LogP contribution < -0.4 is 26.2 Å². The summed E-state index contributed by atoms with van der Waals surface area (Å²) in [5.41, 5.74) is 2.20. The number of nitrogens with zero attached hydrogens (tertiary/aromatic N) is 1. The standard InChI is InChI=1S/C32H38F3N5O5/c1-19-26(29(41)44-3)28(27(20(2)38-19)30(42)45-4)21-8-7-9-23(18-21)39-31(43)37-15-14-36-22-12-16-40(17-13-22)25-11-6-5-10-24(25)32(33,34)35/h5-11,18,22,28,36,38H,12-17H2,1-4H3,(H2,37,39,43). The minimum absolute atomic E-state index is 0.117. The van der Waals surface area contributed by atoms with Gasteiger partial charge in [0, 0.05) is 55.0 Å². The lowest BCUT2D eigenvalue weighted by molar-refractivity contribution is -0.138. The molecule has 13 heteroatoms. The Hall–Kier alpha value is -4.52. The number of allylic oxidation sites excluding steroid dienone is 2. The third kappa shape index (κ3) is 7.96. The highest BCUT2D eigenvalue weighted by molar-refractivity contribution is 6.00. The van der Waals surface area contributed by atoms with E-state index >= 15 is 0 Å². The molecular weight excluding hydrogens is 591 g/mol. The van der Waals surface area contributed by atoms with Crippen molar-refractivity contribution < 1.29 is 37.0 Å². The topological polar surface area (TPSA) is 121 Å². The van der Waals surface area contributed by atoms with Crippen LogP contribution >= 0.6 is 0 Å². The number of dihydropyridines is 1. The molecule has 0 aliphatic carbocycles. The predicted molar refractivity (Wildman–Crippen MR) is 163 cm³/mol. The first-order chi connectivity index (χ1) is 21.4. The Morgan fingerprint density at radius 1 is 0.911 bits per heavy atom. The number of anilines is 2. The number of carbonyl (C=O) groups excluding carboxylic acids is 3. The molecule has 2 aliphatic heterocycles. The second kappa shape index (κ2) is 14.5. The number of halogens is 3. The van der Waals surface area contributed by atoms with Crippen LogP contribution in [0.1, 0.15) is 43.7 Å². The Morgan fingerprint density at radius 3 is 2.13 bits per heavy atom.